The summed E-state index contributed by atoms with van der Waals surface area (Å²) in [6.07, 6.45) is 3.50. The molecule has 0 atom stereocenters. The van der Waals surface area contributed by atoms with Gasteiger partial charge in [-0.2, -0.15) is 0 Å². The first kappa shape index (κ1) is 24.5. The van der Waals surface area contributed by atoms with E-state index in [0.29, 0.717) is 17.8 Å². The van der Waals surface area contributed by atoms with E-state index in [1.807, 2.05) is 61.0 Å². The van der Waals surface area contributed by atoms with Crippen LogP contribution in [0.3, 0.4) is 0 Å². The smallest absolute Gasteiger partial charge is 0.294 e. The van der Waals surface area contributed by atoms with Gasteiger partial charge in [0.15, 0.2) is 0 Å². The second-order valence-electron chi connectivity index (χ2n) is 8.94. The van der Waals surface area contributed by atoms with Gasteiger partial charge in [-0.3, -0.25) is 19.3 Å². The number of nitrogens with zero attached hydrogens (tertiary/aromatic N) is 2. The number of aromatic nitrogens is 1. The fourth-order valence-electron chi connectivity index (χ4n) is 4.27. The first-order chi connectivity index (χ1) is 17.8. The summed E-state index contributed by atoms with van der Waals surface area (Å²) >= 11 is 0.803. The third-order valence-electron chi connectivity index (χ3n) is 6.37. The molecule has 1 aromatic heterocycles. The average molecular weight is 514 g/mol. The van der Waals surface area contributed by atoms with Crippen molar-refractivity contribution >= 4 is 51.5 Å². The summed E-state index contributed by atoms with van der Waals surface area (Å²) in [7, 11) is 0. The Morgan fingerprint density at radius 1 is 1.00 bits per heavy atom. The summed E-state index contributed by atoms with van der Waals surface area (Å²) in [4.78, 5) is 39.4. The van der Waals surface area contributed by atoms with Crippen LogP contribution in [-0.2, 0) is 16.1 Å². The Hall–Kier alpha value is -4.17. The highest BCUT2D eigenvalue weighted by molar-refractivity contribution is 8.18. The monoisotopic (exact) mass is 513 g/mol. The number of benzene rings is 3. The van der Waals surface area contributed by atoms with Gasteiger partial charge in [-0.05, 0) is 67.1 Å². The number of carbonyl (C=O) groups is 3. The van der Waals surface area contributed by atoms with Crippen molar-refractivity contribution in [3.05, 3.63) is 106 Å². The number of hydrogen-bond acceptors (Lipinski definition) is 4. The van der Waals surface area contributed by atoms with Crippen LogP contribution in [0.1, 0.15) is 22.3 Å². The van der Waals surface area contributed by atoms with Crippen molar-refractivity contribution in [2.75, 3.05) is 11.9 Å². The first-order valence-electron chi connectivity index (χ1n) is 11.7. The van der Waals surface area contributed by atoms with Gasteiger partial charge in [-0.1, -0.05) is 42.5 Å². The fourth-order valence-corrected chi connectivity index (χ4v) is 5.10. The normalized spacial score (nSPS) is 14.7. The molecule has 2 heterocycles. The van der Waals surface area contributed by atoms with E-state index >= 15 is 0 Å². The number of hydrogen-bond donors (Lipinski definition) is 1. The minimum Gasteiger partial charge on any atom is -0.342 e. The molecule has 0 aliphatic carbocycles. The molecule has 5 rings (SSSR count). The van der Waals surface area contributed by atoms with Gasteiger partial charge in [0.1, 0.15) is 12.4 Å². The molecule has 1 fully saturated rings. The number of anilines is 1. The molecular formula is C29H24FN3O3S. The van der Waals surface area contributed by atoms with Crippen molar-refractivity contribution in [2.45, 2.75) is 20.4 Å². The zero-order valence-electron chi connectivity index (χ0n) is 20.3. The van der Waals surface area contributed by atoms with E-state index in [4.69, 9.17) is 0 Å². The maximum atomic E-state index is 14.3. The minimum atomic E-state index is -0.517. The molecule has 6 nitrogen and oxygen atoms in total. The summed E-state index contributed by atoms with van der Waals surface area (Å²) in [6, 6.07) is 19.7. The summed E-state index contributed by atoms with van der Waals surface area (Å²) in [6.45, 7) is 3.87. The number of halogens is 1. The van der Waals surface area contributed by atoms with Crippen molar-refractivity contribution in [1.29, 1.82) is 0 Å². The van der Waals surface area contributed by atoms with Gasteiger partial charge in [0.2, 0.25) is 5.91 Å². The van der Waals surface area contributed by atoms with Gasteiger partial charge in [0, 0.05) is 33.9 Å². The van der Waals surface area contributed by atoms with Gasteiger partial charge in [0.25, 0.3) is 11.1 Å². The van der Waals surface area contributed by atoms with Crippen LogP contribution in [0.4, 0.5) is 14.9 Å². The zero-order chi connectivity index (χ0) is 26.1. The molecule has 1 saturated heterocycles. The molecule has 1 aliphatic rings. The summed E-state index contributed by atoms with van der Waals surface area (Å²) < 4.78 is 16.2. The van der Waals surface area contributed by atoms with Crippen LogP contribution in [0, 0.1) is 19.7 Å². The Morgan fingerprint density at radius 2 is 1.76 bits per heavy atom. The molecule has 4 aromatic rings. The number of para-hydroxylation sites is 1. The van der Waals surface area contributed by atoms with E-state index in [9.17, 15) is 18.8 Å². The molecular weight excluding hydrogens is 489 g/mol. The van der Waals surface area contributed by atoms with Crippen LogP contribution in [0.5, 0.6) is 0 Å². The molecule has 0 unspecified atom stereocenters. The molecule has 1 N–H and O–H groups in total. The van der Waals surface area contributed by atoms with Crippen LogP contribution in [-0.4, -0.2) is 33.1 Å². The van der Waals surface area contributed by atoms with E-state index in [2.05, 4.69) is 5.32 Å². The Balaban J connectivity index is 1.37. The number of thioether (sulfide) groups is 1. The minimum absolute atomic E-state index is 0.234. The number of imide groups is 1. The van der Waals surface area contributed by atoms with E-state index < -0.39 is 17.1 Å². The second-order valence-corrected chi connectivity index (χ2v) is 9.93. The zero-order valence-corrected chi connectivity index (χ0v) is 21.1. The molecule has 1 aliphatic heterocycles. The quantitative estimate of drug-likeness (QED) is 0.315. The topological polar surface area (TPSA) is 71.4 Å². The van der Waals surface area contributed by atoms with Crippen LogP contribution in [0.25, 0.3) is 17.0 Å². The first-order valence-corrected chi connectivity index (χ1v) is 12.6. The van der Waals surface area contributed by atoms with E-state index in [-0.39, 0.29) is 17.3 Å². The van der Waals surface area contributed by atoms with Crippen LogP contribution < -0.4 is 5.32 Å². The van der Waals surface area contributed by atoms with Gasteiger partial charge >= 0.3 is 0 Å². The summed E-state index contributed by atoms with van der Waals surface area (Å²) in [5, 5.41) is 3.12. The van der Waals surface area contributed by atoms with Crippen LogP contribution in [0.2, 0.25) is 0 Å². The summed E-state index contributed by atoms with van der Waals surface area (Å²) in [5.74, 6) is -1.26. The highest BCUT2D eigenvalue weighted by atomic mass is 32.2. The number of aryl methyl sites for hydroxylation is 2. The Morgan fingerprint density at radius 3 is 2.54 bits per heavy atom. The average Bonchev–Trinajstić information content (AvgIpc) is 3.35. The van der Waals surface area contributed by atoms with Crippen molar-refractivity contribution in [1.82, 2.24) is 9.47 Å². The third-order valence-corrected chi connectivity index (χ3v) is 7.28. The van der Waals surface area contributed by atoms with Crippen LogP contribution >= 0.6 is 11.8 Å². The van der Waals surface area contributed by atoms with Crippen LogP contribution in [0.15, 0.2) is 77.8 Å². The Labute approximate surface area is 217 Å². The number of carbonyl (C=O) groups excluding carboxylic acids is 3. The molecule has 0 radical (unpaired) electrons. The molecule has 0 bridgehead atoms. The molecule has 186 valence electrons. The molecule has 3 amide bonds. The van der Waals surface area contributed by atoms with E-state index in [1.165, 1.54) is 6.07 Å². The molecule has 0 saturated carbocycles. The van der Waals surface area contributed by atoms with Gasteiger partial charge in [0.05, 0.1) is 11.4 Å². The largest absolute Gasteiger partial charge is 0.342 e. The highest BCUT2D eigenvalue weighted by Crippen LogP contribution is 2.34. The van der Waals surface area contributed by atoms with Gasteiger partial charge < -0.3 is 9.88 Å². The maximum Gasteiger partial charge on any atom is 0.294 e. The number of amides is 3. The number of fused-ring (bicyclic) bond motifs is 1. The van der Waals surface area contributed by atoms with Crippen molar-refractivity contribution in [3.8, 4) is 0 Å². The Kier molecular flexibility index (Phi) is 6.67. The highest BCUT2D eigenvalue weighted by Gasteiger charge is 2.36. The fraction of sp³-hybridized carbons (Fsp3) is 0.138. The predicted molar refractivity (Wildman–Crippen MR) is 145 cm³/mol. The third kappa shape index (κ3) is 5.06. The number of nitrogens with one attached hydrogen (secondary N) is 1. The molecule has 0 spiro atoms. The van der Waals surface area contributed by atoms with E-state index in [1.54, 1.807) is 30.3 Å². The lowest BCUT2D eigenvalue weighted by molar-refractivity contribution is -0.127. The van der Waals surface area contributed by atoms with Crippen molar-refractivity contribution < 1.29 is 18.8 Å². The maximum absolute atomic E-state index is 14.3. The Bertz CT molecular complexity index is 1590. The lowest BCUT2D eigenvalue weighted by Crippen LogP contribution is -2.36. The molecule has 3 aromatic carbocycles. The number of rotatable bonds is 6. The lowest BCUT2D eigenvalue weighted by Gasteiger charge is -2.13. The standard InChI is InChI=1S/C29H24FN3O3S/c1-18-11-12-22(13-19(18)2)31-27(34)17-33-28(35)26(37-29(33)36)14-21-16-32(25-10-6-4-8-23(21)25)15-20-7-3-5-9-24(20)30/h3-14,16H,15,17H2,1-2H3,(H,31,34)/b26-14+. The SMILES string of the molecule is Cc1ccc(NC(=O)CN2C(=O)S/C(=C/c3cn(Cc4ccccc4F)c4ccccc34)C2=O)cc1C. The predicted octanol–water partition coefficient (Wildman–Crippen LogP) is 6.12. The van der Waals surface area contributed by atoms with Gasteiger partial charge in [-0.25, -0.2) is 4.39 Å². The second kappa shape index (κ2) is 10.1. The molecule has 8 heteroatoms. The summed E-state index contributed by atoms with van der Waals surface area (Å²) in [5.41, 5.74) is 4.90. The van der Waals surface area contributed by atoms with E-state index in [0.717, 1.165) is 44.3 Å². The van der Waals surface area contributed by atoms with Gasteiger partial charge in [-0.15, -0.1) is 0 Å². The lowest BCUT2D eigenvalue weighted by atomic mass is 10.1. The van der Waals surface area contributed by atoms with Crippen molar-refractivity contribution in [2.24, 2.45) is 0 Å². The molecule has 37 heavy (non-hydrogen) atoms. The van der Waals surface area contributed by atoms with Crippen molar-refractivity contribution in [3.63, 3.8) is 0 Å².